The van der Waals surface area contributed by atoms with E-state index in [4.69, 9.17) is 9.84 Å². The second-order valence-corrected chi connectivity index (χ2v) is 9.54. The Kier molecular flexibility index (Phi) is 7.26. The van der Waals surface area contributed by atoms with Crippen molar-refractivity contribution in [3.8, 4) is 0 Å². The number of ether oxygens (including phenoxy) is 1. The molecular formula is C21H31NO5S. The third-order valence-electron chi connectivity index (χ3n) is 5.98. The van der Waals surface area contributed by atoms with E-state index in [9.17, 15) is 14.4 Å². The van der Waals surface area contributed by atoms with Crippen molar-refractivity contribution in [1.82, 2.24) is 0 Å². The summed E-state index contributed by atoms with van der Waals surface area (Å²) in [5, 5.41) is 12.2. The number of rotatable bonds is 8. The molecule has 6 nitrogen and oxygen atoms in total. The van der Waals surface area contributed by atoms with Gasteiger partial charge >= 0.3 is 11.9 Å². The molecule has 0 saturated carbocycles. The number of anilines is 1. The van der Waals surface area contributed by atoms with Crippen molar-refractivity contribution in [3.63, 3.8) is 0 Å². The molecule has 1 heterocycles. The van der Waals surface area contributed by atoms with Crippen LogP contribution in [0.1, 0.15) is 74.2 Å². The van der Waals surface area contributed by atoms with Crippen LogP contribution in [0.4, 0.5) is 5.00 Å². The van der Waals surface area contributed by atoms with Crippen molar-refractivity contribution in [3.05, 3.63) is 16.0 Å². The predicted molar refractivity (Wildman–Crippen MR) is 110 cm³/mol. The number of hydrogen-bond acceptors (Lipinski definition) is 5. The zero-order chi connectivity index (χ0) is 21.1. The van der Waals surface area contributed by atoms with Crippen molar-refractivity contribution in [2.75, 3.05) is 12.4 Å². The van der Waals surface area contributed by atoms with Gasteiger partial charge in [-0.1, -0.05) is 34.1 Å². The summed E-state index contributed by atoms with van der Waals surface area (Å²) in [6.07, 6.45) is 3.84. The van der Waals surface area contributed by atoms with Crippen molar-refractivity contribution < 1.29 is 24.2 Å². The lowest BCUT2D eigenvalue weighted by Crippen LogP contribution is -2.28. The molecule has 0 bridgehead atoms. The first-order valence-electron chi connectivity index (χ1n) is 9.83. The second kappa shape index (κ2) is 9.07. The molecule has 7 heteroatoms. The number of amides is 1. The number of carbonyl (C=O) groups excluding carboxylic acids is 2. The van der Waals surface area contributed by atoms with Gasteiger partial charge in [-0.05, 0) is 42.1 Å². The SMILES string of the molecule is CCC(C)(C)C1CCc2c(sc(NC(=O)CC(C)CC(=O)O)c2C(=O)OC)C1. The minimum atomic E-state index is -0.924. The van der Waals surface area contributed by atoms with Crippen LogP contribution < -0.4 is 5.32 Å². The molecule has 28 heavy (non-hydrogen) atoms. The number of carboxylic acid groups (broad SMARTS) is 1. The van der Waals surface area contributed by atoms with Gasteiger partial charge in [-0.2, -0.15) is 0 Å². The van der Waals surface area contributed by atoms with E-state index in [1.54, 1.807) is 6.92 Å². The van der Waals surface area contributed by atoms with Gasteiger partial charge < -0.3 is 15.2 Å². The summed E-state index contributed by atoms with van der Waals surface area (Å²) in [4.78, 5) is 36.8. The maximum Gasteiger partial charge on any atom is 0.341 e. The van der Waals surface area contributed by atoms with Crippen LogP contribution in [0, 0.1) is 17.3 Å². The topological polar surface area (TPSA) is 92.7 Å². The molecule has 0 saturated heterocycles. The molecule has 1 aliphatic carbocycles. The lowest BCUT2D eigenvalue weighted by molar-refractivity contribution is -0.138. The first kappa shape index (κ1) is 22.4. The molecule has 0 radical (unpaired) electrons. The molecular weight excluding hydrogens is 378 g/mol. The summed E-state index contributed by atoms with van der Waals surface area (Å²) in [6.45, 7) is 8.49. The highest BCUT2D eigenvalue weighted by Crippen LogP contribution is 2.45. The van der Waals surface area contributed by atoms with Crippen LogP contribution in [0.3, 0.4) is 0 Å². The Morgan fingerprint density at radius 1 is 1.32 bits per heavy atom. The molecule has 2 N–H and O–H groups in total. The van der Waals surface area contributed by atoms with E-state index in [1.807, 2.05) is 0 Å². The molecule has 1 aliphatic rings. The van der Waals surface area contributed by atoms with Gasteiger partial charge in [0.25, 0.3) is 0 Å². The van der Waals surface area contributed by atoms with E-state index in [2.05, 4.69) is 26.1 Å². The predicted octanol–water partition coefficient (Wildman–Crippen LogP) is 4.52. The summed E-state index contributed by atoms with van der Waals surface area (Å²) in [6, 6.07) is 0. The van der Waals surface area contributed by atoms with E-state index >= 15 is 0 Å². The van der Waals surface area contributed by atoms with Crippen molar-refractivity contribution >= 4 is 34.2 Å². The molecule has 2 atom stereocenters. The van der Waals surface area contributed by atoms with Crippen LogP contribution in [-0.4, -0.2) is 30.1 Å². The number of nitrogens with one attached hydrogen (secondary N) is 1. The zero-order valence-corrected chi connectivity index (χ0v) is 18.2. The van der Waals surface area contributed by atoms with Crippen molar-refractivity contribution in [1.29, 1.82) is 0 Å². The van der Waals surface area contributed by atoms with Crippen LogP contribution >= 0.6 is 11.3 Å². The number of methoxy groups -OCH3 is 1. The van der Waals surface area contributed by atoms with E-state index < -0.39 is 11.9 Å². The number of carboxylic acids is 1. The van der Waals surface area contributed by atoms with Crippen molar-refractivity contribution in [2.45, 2.75) is 66.2 Å². The van der Waals surface area contributed by atoms with Gasteiger partial charge in [-0.15, -0.1) is 11.3 Å². The van der Waals surface area contributed by atoms with E-state index in [1.165, 1.54) is 18.4 Å². The monoisotopic (exact) mass is 409 g/mol. The summed E-state index contributed by atoms with van der Waals surface area (Å²) in [5.41, 5.74) is 1.69. The third-order valence-corrected chi connectivity index (χ3v) is 7.15. The highest BCUT2D eigenvalue weighted by Gasteiger charge is 2.35. The fraction of sp³-hybridized carbons (Fsp3) is 0.667. The van der Waals surface area contributed by atoms with Gasteiger partial charge in [0.1, 0.15) is 5.00 Å². The zero-order valence-electron chi connectivity index (χ0n) is 17.4. The maximum atomic E-state index is 12.4. The summed E-state index contributed by atoms with van der Waals surface area (Å²) >= 11 is 1.46. The Labute approximate surface area is 170 Å². The quantitative estimate of drug-likeness (QED) is 0.616. The van der Waals surface area contributed by atoms with Gasteiger partial charge in [0, 0.05) is 17.7 Å². The Hall–Kier alpha value is -1.89. The lowest BCUT2D eigenvalue weighted by atomic mass is 9.69. The highest BCUT2D eigenvalue weighted by molar-refractivity contribution is 7.17. The normalized spacial score (nSPS) is 17.5. The number of esters is 1. The van der Waals surface area contributed by atoms with Crippen LogP contribution in [0.5, 0.6) is 0 Å². The molecule has 2 unspecified atom stereocenters. The number of thiophene rings is 1. The van der Waals surface area contributed by atoms with Crippen LogP contribution in [0.2, 0.25) is 0 Å². The second-order valence-electron chi connectivity index (χ2n) is 8.44. The van der Waals surface area contributed by atoms with Gasteiger partial charge in [0.2, 0.25) is 5.91 Å². The van der Waals surface area contributed by atoms with E-state index in [-0.39, 0.29) is 30.1 Å². The van der Waals surface area contributed by atoms with Gasteiger partial charge in [0.15, 0.2) is 0 Å². The molecule has 0 spiro atoms. The Morgan fingerprint density at radius 3 is 2.57 bits per heavy atom. The average molecular weight is 410 g/mol. The first-order valence-corrected chi connectivity index (χ1v) is 10.6. The fourth-order valence-electron chi connectivity index (χ4n) is 3.81. The molecule has 2 rings (SSSR count). The molecule has 1 aromatic heterocycles. The van der Waals surface area contributed by atoms with Gasteiger partial charge in [-0.25, -0.2) is 4.79 Å². The minimum absolute atomic E-state index is 0.0635. The summed E-state index contributed by atoms with van der Waals surface area (Å²) in [7, 11) is 1.35. The first-order chi connectivity index (χ1) is 13.1. The molecule has 1 aromatic rings. The largest absolute Gasteiger partial charge is 0.481 e. The summed E-state index contributed by atoms with van der Waals surface area (Å²) in [5.74, 6) is -1.37. The highest BCUT2D eigenvalue weighted by atomic mass is 32.1. The van der Waals surface area contributed by atoms with E-state index in [0.29, 0.717) is 16.5 Å². The van der Waals surface area contributed by atoms with Crippen LogP contribution in [0.25, 0.3) is 0 Å². The Morgan fingerprint density at radius 2 is 2.00 bits per heavy atom. The number of aliphatic carboxylic acids is 1. The lowest BCUT2D eigenvalue weighted by Gasteiger charge is -2.36. The van der Waals surface area contributed by atoms with Crippen molar-refractivity contribution in [2.24, 2.45) is 17.3 Å². The smallest absolute Gasteiger partial charge is 0.341 e. The molecule has 0 aliphatic heterocycles. The number of hydrogen-bond donors (Lipinski definition) is 2. The number of fused-ring (bicyclic) bond motifs is 1. The molecule has 156 valence electrons. The van der Waals surface area contributed by atoms with E-state index in [0.717, 1.165) is 36.1 Å². The molecule has 1 amide bonds. The third kappa shape index (κ3) is 5.13. The summed E-state index contributed by atoms with van der Waals surface area (Å²) < 4.78 is 4.97. The standard InChI is InChI=1S/C21H31NO5S/c1-6-21(3,4)13-7-8-14-15(11-13)28-19(18(14)20(26)27-5)22-16(23)9-12(2)10-17(24)25/h12-13H,6-11H2,1-5H3,(H,22,23)(H,24,25). The maximum absolute atomic E-state index is 12.4. The van der Waals surface area contributed by atoms with Crippen LogP contribution in [0.15, 0.2) is 0 Å². The Bertz CT molecular complexity index is 752. The molecule has 0 fully saturated rings. The average Bonchev–Trinajstić information content (AvgIpc) is 2.96. The Balaban J connectivity index is 2.24. The van der Waals surface area contributed by atoms with Gasteiger partial charge in [0.05, 0.1) is 12.7 Å². The van der Waals surface area contributed by atoms with Crippen LogP contribution in [-0.2, 0) is 27.2 Å². The fourth-order valence-corrected chi connectivity index (χ4v) is 5.14. The molecule has 0 aromatic carbocycles. The van der Waals surface area contributed by atoms with Gasteiger partial charge in [-0.3, -0.25) is 9.59 Å². The number of carbonyl (C=O) groups is 3. The minimum Gasteiger partial charge on any atom is -0.481 e.